The summed E-state index contributed by atoms with van der Waals surface area (Å²) in [6.45, 7) is 0. The highest BCUT2D eigenvalue weighted by atomic mass is 35.5. The maximum Gasteiger partial charge on any atom is 0.329 e. The number of carbonyl (C=O) groups is 3. The van der Waals surface area contributed by atoms with E-state index in [1.807, 2.05) is 0 Å². The van der Waals surface area contributed by atoms with Crippen LogP contribution in [0.4, 0.5) is 11.4 Å². The van der Waals surface area contributed by atoms with Crippen molar-refractivity contribution in [3.05, 3.63) is 94.0 Å². The number of amides is 3. The quantitative estimate of drug-likeness (QED) is 0.303. The first kappa shape index (κ1) is 22.0. The van der Waals surface area contributed by atoms with Gasteiger partial charge in [-0.2, -0.15) is 5.10 Å². The van der Waals surface area contributed by atoms with Crippen LogP contribution in [-0.4, -0.2) is 23.9 Å². The van der Waals surface area contributed by atoms with E-state index in [4.69, 9.17) is 23.2 Å². The molecule has 0 aliphatic carbocycles. The minimum atomic E-state index is -0.988. The number of carbonyl (C=O) groups excluding carboxylic acids is 3. The van der Waals surface area contributed by atoms with E-state index < -0.39 is 17.7 Å². The number of nitrogens with zero attached hydrogens (tertiary/aromatic N) is 1. The summed E-state index contributed by atoms with van der Waals surface area (Å²) in [6.07, 6.45) is 1.37. The maximum atomic E-state index is 12.6. The van der Waals surface area contributed by atoms with Crippen LogP contribution in [0, 0.1) is 0 Å². The van der Waals surface area contributed by atoms with Gasteiger partial charge in [0.15, 0.2) is 0 Å². The summed E-state index contributed by atoms with van der Waals surface area (Å²) in [4.78, 5) is 36.8. The van der Waals surface area contributed by atoms with E-state index in [0.29, 0.717) is 21.3 Å². The molecule has 0 heterocycles. The lowest BCUT2D eigenvalue weighted by Crippen LogP contribution is -2.33. The van der Waals surface area contributed by atoms with E-state index in [1.165, 1.54) is 18.3 Å². The number of anilines is 2. The highest BCUT2D eigenvalue weighted by Gasteiger charge is 2.17. The van der Waals surface area contributed by atoms with Gasteiger partial charge in [0.2, 0.25) is 0 Å². The SMILES string of the molecule is O=C(N/N=C\c1ccc(Cl)cc1)C(=O)Nc1ccccc1C(=O)Nc1ccc(Cl)cc1. The number of hydrogen-bond donors (Lipinski definition) is 3. The molecule has 0 fully saturated rings. The predicted octanol–water partition coefficient (Wildman–Crippen LogP) is 4.33. The van der Waals surface area contributed by atoms with Gasteiger partial charge in [0.1, 0.15) is 0 Å². The third-order valence-corrected chi connectivity index (χ3v) is 4.48. The summed E-state index contributed by atoms with van der Waals surface area (Å²) in [5.74, 6) is -2.42. The largest absolute Gasteiger partial charge is 0.329 e. The molecule has 0 bridgehead atoms. The summed E-state index contributed by atoms with van der Waals surface area (Å²) < 4.78 is 0. The molecule has 3 rings (SSSR count). The molecular formula is C22H16Cl2N4O3. The van der Waals surface area contributed by atoms with E-state index >= 15 is 0 Å². The van der Waals surface area contributed by atoms with Gasteiger partial charge in [-0.05, 0) is 54.1 Å². The van der Waals surface area contributed by atoms with Crippen LogP contribution >= 0.6 is 23.2 Å². The van der Waals surface area contributed by atoms with Crippen molar-refractivity contribution < 1.29 is 14.4 Å². The number of nitrogens with one attached hydrogen (secondary N) is 3. The smallest absolute Gasteiger partial charge is 0.322 e. The van der Waals surface area contributed by atoms with Crippen molar-refractivity contribution in [2.24, 2.45) is 5.10 Å². The van der Waals surface area contributed by atoms with Crippen LogP contribution in [-0.2, 0) is 9.59 Å². The lowest BCUT2D eigenvalue weighted by atomic mass is 10.1. The highest BCUT2D eigenvalue weighted by molar-refractivity contribution is 6.40. The van der Waals surface area contributed by atoms with E-state index in [2.05, 4.69) is 21.2 Å². The second-order valence-corrected chi connectivity index (χ2v) is 7.08. The third-order valence-electron chi connectivity index (χ3n) is 3.98. The van der Waals surface area contributed by atoms with Gasteiger partial charge in [-0.3, -0.25) is 14.4 Å². The average Bonchev–Trinajstić information content (AvgIpc) is 2.77. The number of hydrogen-bond acceptors (Lipinski definition) is 4. The van der Waals surface area contributed by atoms with Gasteiger partial charge in [0.25, 0.3) is 5.91 Å². The Kier molecular flexibility index (Phi) is 7.37. The van der Waals surface area contributed by atoms with Crippen molar-refractivity contribution in [3.63, 3.8) is 0 Å². The number of benzene rings is 3. The number of halogens is 2. The number of para-hydroxylation sites is 1. The molecule has 9 heteroatoms. The summed E-state index contributed by atoms with van der Waals surface area (Å²) >= 11 is 11.6. The fraction of sp³-hybridized carbons (Fsp3) is 0. The first-order valence-corrected chi connectivity index (χ1v) is 9.74. The maximum absolute atomic E-state index is 12.6. The third kappa shape index (κ3) is 6.40. The van der Waals surface area contributed by atoms with E-state index in [1.54, 1.807) is 60.7 Å². The van der Waals surface area contributed by atoms with E-state index in [9.17, 15) is 14.4 Å². The minimum Gasteiger partial charge on any atom is -0.322 e. The molecule has 0 atom stereocenters. The zero-order valence-electron chi connectivity index (χ0n) is 15.9. The molecule has 0 saturated carbocycles. The van der Waals surface area contributed by atoms with Gasteiger partial charge in [0, 0.05) is 15.7 Å². The Hall–Kier alpha value is -3.68. The summed E-state index contributed by atoms with van der Waals surface area (Å²) in [5.41, 5.74) is 3.71. The fourth-order valence-electron chi connectivity index (χ4n) is 2.47. The normalized spacial score (nSPS) is 10.5. The van der Waals surface area contributed by atoms with Crippen molar-refractivity contribution in [1.82, 2.24) is 5.43 Å². The number of hydrazone groups is 1. The second kappa shape index (κ2) is 10.4. The molecule has 3 aromatic carbocycles. The van der Waals surface area contributed by atoms with Gasteiger partial charge in [-0.25, -0.2) is 5.43 Å². The van der Waals surface area contributed by atoms with Gasteiger partial charge in [0.05, 0.1) is 17.5 Å². The Labute approximate surface area is 188 Å². The van der Waals surface area contributed by atoms with Crippen molar-refractivity contribution in [3.8, 4) is 0 Å². The van der Waals surface area contributed by atoms with Crippen molar-refractivity contribution >= 4 is 58.5 Å². The molecule has 0 radical (unpaired) electrons. The van der Waals surface area contributed by atoms with Gasteiger partial charge < -0.3 is 10.6 Å². The van der Waals surface area contributed by atoms with E-state index in [-0.39, 0.29) is 11.3 Å². The summed E-state index contributed by atoms with van der Waals surface area (Å²) in [5, 5.41) is 9.96. The molecule has 0 aliphatic heterocycles. The Morgan fingerprint density at radius 2 is 1.35 bits per heavy atom. The molecule has 0 aromatic heterocycles. The molecule has 31 heavy (non-hydrogen) atoms. The summed E-state index contributed by atoms with van der Waals surface area (Å²) in [6, 6.07) is 19.6. The molecular weight excluding hydrogens is 439 g/mol. The van der Waals surface area contributed by atoms with Crippen LogP contribution in [0.3, 0.4) is 0 Å². The van der Waals surface area contributed by atoms with Gasteiger partial charge in [-0.15, -0.1) is 0 Å². The van der Waals surface area contributed by atoms with Crippen molar-refractivity contribution in [2.75, 3.05) is 10.6 Å². The van der Waals surface area contributed by atoms with Gasteiger partial charge >= 0.3 is 11.8 Å². The molecule has 3 N–H and O–H groups in total. The number of rotatable bonds is 5. The van der Waals surface area contributed by atoms with Crippen molar-refractivity contribution in [2.45, 2.75) is 0 Å². The Balaban J connectivity index is 1.63. The molecule has 3 aromatic rings. The fourth-order valence-corrected chi connectivity index (χ4v) is 2.72. The van der Waals surface area contributed by atoms with Gasteiger partial charge in [-0.1, -0.05) is 47.5 Å². The molecule has 0 unspecified atom stereocenters. The van der Waals surface area contributed by atoms with Crippen LogP contribution < -0.4 is 16.1 Å². The topological polar surface area (TPSA) is 99.7 Å². The van der Waals surface area contributed by atoms with Crippen LogP contribution in [0.25, 0.3) is 0 Å². The molecule has 0 spiro atoms. The lowest BCUT2D eigenvalue weighted by Gasteiger charge is -2.11. The Morgan fingerprint density at radius 3 is 2.03 bits per heavy atom. The zero-order valence-corrected chi connectivity index (χ0v) is 17.4. The minimum absolute atomic E-state index is 0.177. The highest BCUT2D eigenvalue weighted by Crippen LogP contribution is 2.19. The summed E-state index contributed by atoms with van der Waals surface area (Å²) in [7, 11) is 0. The first-order valence-electron chi connectivity index (χ1n) is 8.98. The van der Waals surface area contributed by atoms with Crippen LogP contribution in [0.15, 0.2) is 77.9 Å². The van der Waals surface area contributed by atoms with Crippen LogP contribution in [0.1, 0.15) is 15.9 Å². The zero-order chi connectivity index (χ0) is 22.2. The van der Waals surface area contributed by atoms with Crippen molar-refractivity contribution in [1.29, 1.82) is 0 Å². The monoisotopic (exact) mass is 454 g/mol. The standard InChI is InChI=1S/C22H16Cl2N4O3/c23-15-7-5-14(6-8-15)13-25-28-22(31)21(30)27-19-4-2-1-3-18(19)20(29)26-17-11-9-16(24)10-12-17/h1-13H,(H,26,29)(H,27,30)(H,28,31)/b25-13-. The molecule has 156 valence electrons. The Morgan fingerprint density at radius 1 is 0.742 bits per heavy atom. The average molecular weight is 455 g/mol. The molecule has 0 aliphatic rings. The molecule has 7 nitrogen and oxygen atoms in total. The van der Waals surface area contributed by atoms with E-state index in [0.717, 1.165) is 0 Å². The van der Waals surface area contributed by atoms with Crippen LogP contribution in [0.5, 0.6) is 0 Å². The predicted molar refractivity (Wildman–Crippen MR) is 122 cm³/mol. The molecule has 3 amide bonds. The first-order chi connectivity index (χ1) is 14.9. The Bertz CT molecular complexity index is 1130. The van der Waals surface area contributed by atoms with Crippen LogP contribution in [0.2, 0.25) is 10.0 Å². The molecule has 0 saturated heterocycles. The second-order valence-electron chi connectivity index (χ2n) is 6.21. The lowest BCUT2D eigenvalue weighted by molar-refractivity contribution is -0.136.